The van der Waals surface area contributed by atoms with Gasteiger partial charge in [0, 0.05) is 6.20 Å². The van der Waals surface area contributed by atoms with Crippen LogP contribution in [0, 0.1) is 0 Å². The minimum absolute atomic E-state index is 0.337. The van der Waals surface area contributed by atoms with Crippen molar-refractivity contribution in [3.8, 4) is 0 Å². The number of aryl methyl sites for hydroxylation is 1. The molecular formula is C9H7Cl2N3O. The quantitative estimate of drug-likeness (QED) is 0.761. The van der Waals surface area contributed by atoms with Crippen LogP contribution in [0.2, 0.25) is 5.02 Å². The summed E-state index contributed by atoms with van der Waals surface area (Å²) in [6.45, 7) is 1.90. The molecule has 0 radical (unpaired) electrons. The van der Waals surface area contributed by atoms with E-state index in [0.717, 1.165) is 0 Å². The number of halogens is 2. The summed E-state index contributed by atoms with van der Waals surface area (Å²) >= 11 is 11.3. The Morgan fingerprint density at radius 3 is 2.93 bits per heavy atom. The molecule has 0 amide bonds. The summed E-state index contributed by atoms with van der Waals surface area (Å²) in [5, 5.41) is -0.120. The maximum atomic E-state index is 11.2. The highest BCUT2D eigenvalue weighted by Gasteiger charge is 2.16. The van der Waals surface area contributed by atoms with Crippen molar-refractivity contribution >= 4 is 34.2 Å². The molecule has 6 heteroatoms. The average molecular weight is 244 g/mol. The monoisotopic (exact) mass is 243 g/mol. The van der Waals surface area contributed by atoms with Gasteiger partial charge in [-0.1, -0.05) is 18.5 Å². The molecule has 0 saturated carbocycles. The molecule has 4 nitrogen and oxygen atoms in total. The van der Waals surface area contributed by atoms with Crippen molar-refractivity contribution in [2.24, 2.45) is 0 Å². The van der Waals surface area contributed by atoms with Gasteiger partial charge in [-0.05, 0) is 18.0 Å². The van der Waals surface area contributed by atoms with Gasteiger partial charge in [-0.3, -0.25) is 9.20 Å². The first-order valence-corrected chi connectivity index (χ1v) is 5.11. The van der Waals surface area contributed by atoms with Gasteiger partial charge in [0.1, 0.15) is 5.69 Å². The van der Waals surface area contributed by atoms with Crippen molar-refractivity contribution in [2.45, 2.75) is 13.3 Å². The van der Waals surface area contributed by atoms with E-state index in [-0.39, 0.29) is 0 Å². The Morgan fingerprint density at radius 1 is 1.60 bits per heavy atom. The van der Waals surface area contributed by atoms with E-state index in [2.05, 4.69) is 9.97 Å². The summed E-state index contributed by atoms with van der Waals surface area (Å²) in [5.74, 6) is 0.431. The Bertz CT molecular complexity index is 535. The first-order valence-electron chi connectivity index (χ1n) is 4.35. The molecule has 0 atom stereocenters. The molecule has 15 heavy (non-hydrogen) atoms. The molecule has 2 aromatic heterocycles. The second-order valence-corrected chi connectivity index (χ2v) is 3.76. The topological polar surface area (TPSA) is 47.3 Å². The summed E-state index contributed by atoms with van der Waals surface area (Å²) in [6, 6.07) is 0. The number of fused-ring (bicyclic) bond motifs is 1. The minimum atomic E-state index is -0.552. The van der Waals surface area contributed by atoms with Crippen LogP contribution in [-0.2, 0) is 6.42 Å². The van der Waals surface area contributed by atoms with E-state index < -0.39 is 5.24 Å². The third-order valence-electron chi connectivity index (χ3n) is 2.04. The molecule has 0 fully saturated rings. The zero-order valence-electron chi connectivity index (χ0n) is 7.87. The number of hydrogen-bond acceptors (Lipinski definition) is 3. The highest BCUT2D eigenvalue weighted by atomic mass is 35.5. The normalized spacial score (nSPS) is 10.9. The molecular weight excluding hydrogens is 237 g/mol. The molecule has 0 spiro atoms. The predicted octanol–water partition coefficient (Wildman–Crippen LogP) is 2.32. The lowest BCUT2D eigenvalue weighted by Crippen LogP contribution is -2.00. The Balaban J connectivity index is 2.82. The van der Waals surface area contributed by atoms with Gasteiger partial charge >= 0.3 is 0 Å². The number of aromatic nitrogens is 3. The maximum absolute atomic E-state index is 11.2. The zero-order chi connectivity index (χ0) is 11.0. The van der Waals surface area contributed by atoms with E-state index in [1.54, 1.807) is 6.20 Å². The second kappa shape index (κ2) is 3.79. The van der Waals surface area contributed by atoms with E-state index in [1.807, 2.05) is 6.92 Å². The Labute approximate surface area is 95.9 Å². The van der Waals surface area contributed by atoms with Crippen molar-refractivity contribution in [1.29, 1.82) is 0 Å². The number of carbonyl (C=O) groups excluding carboxylic acids is 1. The minimum Gasteiger partial charge on any atom is -0.278 e. The van der Waals surface area contributed by atoms with E-state index in [9.17, 15) is 4.79 Å². The van der Waals surface area contributed by atoms with Crippen molar-refractivity contribution in [2.75, 3.05) is 0 Å². The summed E-state index contributed by atoms with van der Waals surface area (Å²) in [5.41, 5.74) is 0.967. The van der Waals surface area contributed by atoms with Gasteiger partial charge < -0.3 is 0 Å². The van der Waals surface area contributed by atoms with E-state index in [0.29, 0.717) is 28.6 Å². The van der Waals surface area contributed by atoms with Gasteiger partial charge in [0.25, 0.3) is 5.24 Å². The molecule has 78 valence electrons. The highest BCUT2D eigenvalue weighted by molar-refractivity contribution is 6.67. The van der Waals surface area contributed by atoms with E-state index >= 15 is 0 Å². The molecule has 2 heterocycles. The zero-order valence-corrected chi connectivity index (χ0v) is 9.38. The molecule has 0 aliphatic carbocycles. The van der Waals surface area contributed by atoms with Crippen LogP contribution in [0.3, 0.4) is 0 Å². The molecule has 0 bridgehead atoms. The van der Waals surface area contributed by atoms with Crippen LogP contribution < -0.4 is 0 Å². The van der Waals surface area contributed by atoms with Crippen LogP contribution in [0.15, 0.2) is 12.4 Å². The summed E-state index contributed by atoms with van der Waals surface area (Å²) < 4.78 is 1.51. The Kier molecular flexibility index (Phi) is 2.63. The third kappa shape index (κ3) is 1.70. The highest BCUT2D eigenvalue weighted by Crippen LogP contribution is 2.16. The first kappa shape index (κ1) is 10.4. The predicted molar refractivity (Wildman–Crippen MR) is 57.6 cm³/mol. The lowest BCUT2D eigenvalue weighted by molar-refractivity contribution is 0.107. The van der Waals surface area contributed by atoms with Gasteiger partial charge in [0.05, 0.1) is 16.9 Å². The number of carbonyl (C=O) groups is 1. The fourth-order valence-corrected chi connectivity index (χ4v) is 1.76. The van der Waals surface area contributed by atoms with E-state index in [1.165, 1.54) is 10.6 Å². The lowest BCUT2D eigenvalue weighted by Gasteiger charge is -1.97. The average Bonchev–Trinajstić information content (AvgIpc) is 2.55. The number of hydrogen-bond donors (Lipinski definition) is 0. The van der Waals surface area contributed by atoms with Gasteiger partial charge in [-0.2, -0.15) is 0 Å². The van der Waals surface area contributed by atoms with Crippen molar-refractivity contribution in [3.63, 3.8) is 0 Å². The summed E-state index contributed by atoms with van der Waals surface area (Å²) in [7, 11) is 0. The van der Waals surface area contributed by atoms with Crippen LogP contribution in [0.1, 0.15) is 23.1 Å². The molecule has 0 unspecified atom stereocenters. The fourth-order valence-electron chi connectivity index (χ4n) is 1.41. The van der Waals surface area contributed by atoms with Crippen LogP contribution in [-0.4, -0.2) is 19.6 Å². The van der Waals surface area contributed by atoms with Crippen molar-refractivity contribution in [1.82, 2.24) is 14.4 Å². The van der Waals surface area contributed by atoms with Gasteiger partial charge in [0.15, 0.2) is 0 Å². The Morgan fingerprint density at radius 2 is 2.33 bits per heavy atom. The first-order chi connectivity index (χ1) is 7.13. The summed E-state index contributed by atoms with van der Waals surface area (Å²) in [6.07, 6.45) is 3.67. The molecule has 2 rings (SSSR count). The van der Waals surface area contributed by atoms with Crippen LogP contribution >= 0.6 is 23.2 Å². The smallest absolute Gasteiger partial charge is 0.271 e. The molecule has 0 N–H and O–H groups in total. The lowest BCUT2D eigenvalue weighted by atomic mass is 10.3. The van der Waals surface area contributed by atoms with Gasteiger partial charge in [-0.15, -0.1) is 0 Å². The standard InChI is InChI=1S/C9H7Cl2N3O/c1-2-6-7(8(11)15)14-4-5(10)3-12-9(14)13-6/h3-4H,2H2,1H3. The molecule has 2 aromatic rings. The number of nitrogens with zero attached hydrogens (tertiary/aromatic N) is 3. The van der Waals surface area contributed by atoms with E-state index in [4.69, 9.17) is 23.2 Å². The Hall–Kier alpha value is -1.13. The summed E-state index contributed by atoms with van der Waals surface area (Å²) in [4.78, 5) is 19.4. The maximum Gasteiger partial charge on any atom is 0.271 e. The largest absolute Gasteiger partial charge is 0.278 e. The SMILES string of the molecule is CCc1nc2ncc(Cl)cn2c1C(=O)Cl. The van der Waals surface area contributed by atoms with Gasteiger partial charge in [-0.25, -0.2) is 9.97 Å². The van der Waals surface area contributed by atoms with Crippen molar-refractivity contribution < 1.29 is 4.79 Å². The molecule has 0 saturated heterocycles. The molecule has 0 aliphatic heterocycles. The van der Waals surface area contributed by atoms with Gasteiger partial charge in [0.2, 0.25) is 5.78 Å². The van der Waals surface area contributed by atoms with Crippen LogP contribution in [0.5, 0.6) is 0 Å². The second-order valence-electron chi connectivity index (χ2n) is 2.98. The van der Waals surface area contributed by atoms with Crippen LogP contribution in [0.4, 0.5) is 0 Å². The molecule has 0 aromatic carbocycles. The van der Waals surface area contributed by atoms with Crippen LogP contribution in [0.25, 0.3) is 5.78 Å². The fraction of sp³-hybridized carbons (Fsp3) is 0.222. The molecule has 0 aliphatic rings. The third-order valence-corrected chi connectivity index (χ3v) is 2.42. The number of rotatable bonds is 2. The van der Waals surface area contributed by atoms with Crippen molar-refractivity contribution in [3.05, 3.63) is 28.8 Å². The number of imidazole rings is 1.